The summed E-state index contributed by atoms with van der Waals surface area (Å²) < 4.78 is 5.91. The minimum Gasteiger partial charge on any atom is -0.454 e. The Morgan fingerprint density at radius 2 is 2.05 bits per heavy atom. The van der Waals surface area contributed by atoms with Crippen molar-refractivity contribution in [2.75, 3.05) is 20.1 Å². The van der Waals surface area contributed by atoms with Crippen molar-refractivity contribution < 1.29 is 9.53 Å². The Morgan fingerprint density at radius 3 is 2.60 bits per heavy atom. The molecule has 2 rings (SSSR count). The van der Waals surface area contributed by atoms with Gasteiger partial charge in [0, 0.05) is 31.8 Å². The lowest BCUT2D eigenvalue weighted by Gasteiger charge is -2.45. The van der Waals surface area contributed by atoms with Crippen LogP contribution in [0.3, 0.4) is 0 Å². The standard InChI is InChI=1S/C16H23NO2.ClH/c1-4-15(18)19-16(14-8-6-5-7-9-14)10-11-17(3)12-13(16)2;/h5-9,13H,4,10-12H2,1-3H3;1H/t13-,16-;/m0./s1. The van der Waals surface area contributed by atoms with Gasteiger partial charge in [-0.25, -0.2) is 0 Å². The van der Waals surface area contributed by atoms with Gasteiger partial charge in [-0.2, -0.15) is 0 Å². The summed E-state index contributed by atoms with van der Waals surface area (Å²) in [4.78, 5) is 14.1. The zero-order valence-electron chi connectivity index (χ0n) is 12.5. The molecule has 1 saturated heterocycles. The maximum absolute atomic E-state index is 11.8. The highest BCUT2D eigenvalue weighted by Crippen LogP contribution is 2.40. The van der Waals surface area contributed by atoms with Gasteiger partial charge in [0.1, 0.15) is 5.60 Å². The fourth-order valence-corrected chi connectivity index (χ4v) is 2.94. The molecule has 1 aliphatic rings. The third kappa shape index (κ3) is 3.33. The lowest BCUT2D eigenvalue weighted by molar-refractivity contribution is -0.174. The SMILES string of the molecule is CCC(=O)O[C@@]1(c2ccccc2)CCN(C)C[C@@H]1C.Cl. The molecule has 0 saturated carbocycles. The van der Waals surface area contributed by atoms with Crippen LogP contribution in [0.1, 0.15) is 32.3 Å². The molecule has 0 amide bonds. The first-order valence-corrected chi connectivity index (χ1v) is 7.04. The molecule has 0 spiro atoms. The predicted octanol–water partition coefficient (Wildman–Crippen LogP) is 3.23. The number of likely N-dealkylation sites (tertiary alicyclic amines) is 1. The maximum atomic E-state index is 11.8. The fraction of sp³-hybridized carbons (Fsp3) is 0.562. The Morgan fingerprint density at radius 1 is 1.40 bits per heavy atom. The molecule has 2 atom stereocenters. The second kappa shape index (κ2) is 7.09. The average Bonchev–Trinajstić information content (AvgIpc) is 2.43. The van der Waals surface area contributed by atoms with Gasteiger partial charge in [0.15, 0.2) is 0 Å². The van der Waals surface area contributed by atoms with Crippen molar-refractivity contribution in [3.63, 3.8) is 0 Å². The lowest BCUT2D eigenvalue weighted by atomic mass is 9.76. The van der Waals surface area contributed by atoms with Gasteiger partial charge in [-0.1, -0.05) is 44.2 Å². The van der Waals surface area contributed by atoms with Crippen LogP contribution in [-0.4, -0.2) is 31.0 Å². The molecule has 1 aromatic carbocycles. The molecule has 0 radical (unpaired) electrons. The minimum absolute atomic E-state index is 0. The number of halogens is 1. The molecule has 3 nitrogen and oxygen atoms in total. The molecule has 1 aromatic rings. The summed E-state index contributed by atoms with van der Waals surface area (Å²) in [6.45, 7) is 5.92. The molecule has 112 valence electrons. The Balaban J connectivity index is 0.00000200. The summed E-state index contributed by atoms with van der Waals surface area (Å²) >= 11 is 0. The first-order chi connectivity index (χ1) is 9.08. The van der Waals surface area contributed by atoms with E-state index in [0.29, 0.717) is 12.3 Å². The smallest absolute Gasteiger partial charge is 0.306 e. The normalized spacial score (nSPS) is 26.6. The van der Waals surface area contributed by atoms with E-state index in [-0.39, 0.29) is 18.4 Å². The Labute approximate surface area is 127 Å². The first-order valence-electron chi connectivity index (χ1n) is 7.04. The summed E-state index contributed by atoms with van der Waals surface area (Å²) in [7, 11) is 2.12. The summed E-state index contributed by atoms with van der Waals surface area (Å²) in [6.07, 6.45) is 1.29. The van der Waals surface area contributed by atoms with Gasteiger partial charge in [-0.3, -0.25) is 4.79 Å². The van der Waals surface area contributed by atoms with E-state index >= 15 is 0 Å². The van der Waals surface area contributed by atoms with Gasteiger partial charge in [-0.15, -0.1) is 12.4 Å². The number of esters is 1. The highest BCUT2D eigenvalue weighted by atomic mass is 35.5. The molecule has 0 unspecified atom stereocenters. The first kappa shape index (κ1) is 17.0. The van der Waals surface area contributed by atoms with Gasteiger partial charge >= 0.3 is 5.97 Å². The molecular formula is C16H24ClNO2. The minimum atomic E-state index is -0.457. The lowest BCUT2D eigenvalue weighted by Crippen LogP contribution is -2.50. The van der Waals surface area contributed by atoms with E-state index in [1.165, 1.54) is 0 Å². The molecular weight excluding hydrogens is 274 g/mol. The van der Waals surface area contributed by atoms with E-state index in [0.717, 1.165) is 25.1 Å². The van der Waals surface area contributed by atoms with E-state index in [2.05, 4.69) is 31.0 Å². The van der Waals surface area contributed by atoms with E-state index in [4.69, 9.17) is 4.74 Å². The van der Waals surface area contributed by atoms with Crippen molar-refractivity contribution in [1.29, 1.82) is 0 Å². The number of hydrogen-bond donors (Lipinski definition) is 0. The van der Waals surface area contributed by atoms with Crippen LogP contribution >= 0.6 is 12.4 Å². The van der Waals surface area contributed by atoms with Crippen molar-refractivity contribution in [2.45, 2.75) is 32.3 Å². The van der Waals surface area contributed by atoms with Crippen molar-refractivity contribution >= 4 is 18.4 Å². The van der Waals surface area contributed by atoms with Crippen LogP contribution in [0.4, 0.5) is 0 Å². The van der Waals surface area contributed by atoms with Crippen molar-refractivity contribution in [3.05, 3.63) is 35.9 Å². The number of piperidine rings is 1. The number of carbonyl (C=O) groups excluding carboxylic acids is 1. The van der Waals surface area contributed by atoms with Crippen LogP contribution in [0.2, 0.25) is 0 Å². The van der Waals surface area contributed by atoms with Crippen molar-refractivity contribution in [3.8, 4) is 0 Å². The van der Waals surface area contributed by atoms with Gasteiger partial charge in [0.2, 0.25) is 0 Å². The Hall–Kier alpha value is -1.06. The maximum Gasteiger partial charge on any atom is 0.306 e. The highest BCUT2D eigenvalue weighted by Gasteiger charge is 2.44. The number of hydrogen-bond acceptors (Lipinski definition) is 3. The summed E-state index contributed by atoms with van der Waals surface area (Å²) in [6, 6.07) is 10.2. The van der Waals surface area contributed by atoms with Crippen LogP contribution in [0.25, 0.3) is 0 Å². The third-order valence-corrected chi connectivity index (χ3v) is 4.09. The van der Waals surface area contributed by atoms with Gasteiger partial charge in [-0.05, 0) is 12.6 Å². The Kier molecular flexibility index (Phi) is 6.03. The number of carbonyl (C=O) groups is 1. The number of rotatable bonds is 3. The molecule has 0 aromatic heterocycles. The summed E-state index contributed by atoms with van der Waals surface area (Å²) in [5.74, 6) is 0.185. The molecule has 1 fully saturated rings. The fourth-order valence-electron chi connectivity index (χ4n) is 2.94. The zero-order chi connectivity index (χ0) is 13.9. The summed E-state index contributed by atoms with van der Waals surface area (Å²) in [5, 5.41) is 0. The number of ether oxygens (including phenoxy) is 1. The molecule has 0 aliphatic carbocycles. The van der Waals surface area contributed by atoms with E-state index < -0.39 is 5.60 Å². The monoisotopic (exact) mass is 297 g/mol. The van der Waals surface area contributed by atoms with Gasteiger partial charge < -0.3 is 9.64 Å². The van der Waals surface area contributed by atoms with E-state index in [1.54, 1.807) is 0 Å². The van der Waals surface area contributed by atoms with Crippen LogP contribution in [-0.2, 0) is 15.1 Å². The third-order valence-electron chi connectivity index (χ3n) is 4.09. The quantitative estimate of drug-likeness (QED) is 0.802. The van der Waals surface area contributed by atoms with E-state index in [9.17, 15) is 4.79 Å². The van der Waals surface area contributed by atoms with E-state index in [1.807, 2.05) is 25.1 Å². The Bertz CT molecular complexity index is 437. The molecule has 1 heterocycles. The largest absolute Gasteiger partial charge is 0.454 e. The predicted molar refractivity (Wildman–Crippen MR) is 83.0 cm³/mol. The molecule has 20 heavy (non-hydrogen) atoms. The van der Waals surface area contributed by atoms with Crippen LogP contribution in [0.5, 0.6) is 0 Å². The number of benzene rings is 1. The molecule has 4 heteroatoms. The highest BCUT2D eigenvalue weighted by molar-refractivity contribution is 5.85. The van der Waals surface area contributed by atoms with Crippen LogP contribution in [0.15, 0.2) is 30.3 Å². The van der Waals surface area contributed by atoms with Crippen molar-refractivity contribution in [2.24, 2.45) is 5.92 Å². The van der Waals surface area contributed by atoms with Gasteiger partial charge in [0.05, 0.1) is 0 Å². The summed E-state index contributed by atoms with van der Waals surface area (Å²) in [5.41, 5.74) is 0.665. The van der Waals surface area contributed by atoms with Gasteiger partial charge in [0.25, 0.3) is 0 Å². The zero-order valence-corrected chi connectivity index (χ0v) is 13.3. The molecule has 0 N–H and O–H groups in total. The molecule has 1 aliphatic heterocycles. The second-order valence-corrected chi connectivity index (χ2v) is 5.50. The topological polar surface area (TPSA) is 29.5 Å². The average molecular weight is 298 g/mol. The van der Waals surface area contributed by atoms with Crippen LogP contribution < -0.4 is 0 Å². The second-order valence-electron chi connectivity index (χ2n) is 5.50. The molecule has 0 bridgehead atoms. The number of nitrogens with zero attached hydrogens (tertiary/aromatic N) is 1. The van der Waals surface area contributed by atoms with Crippen LogP contribution in [0, 0.1) is 5.92 Å². The van der Waals surface area contributed by atoms with Crippen molar-refractivity contribution in [1.82, 2.24) is 4.90 Å².